The number of halogens is 4. The lowest BCUT2D eigenvalue weighted by Crippen LogP contribution is -2.34. The van der Waals surface area contributed by atoms with Gasteiger partial charge in [-0.2, -0.15) is 13.2 Å². The molecule has 0 bridgehead atoms. The molecular formula is C19H17F4N5O. The van der Waals surface area contributed by atoms with E-state index >= 15 is 0 Å². The van der Waals surface area contributed by atoms with Gasteiger partial charge >= 0.3 is 6.18 Å². The highest BCUT2D eigenvalue weighted by molar-refractivity contribution is 5.93. The molecule has 2 aromatic carbocycles. The minimum absolute atomic E-state index is 0.0610. The summed E-state index contributed by atoms with van der Waals surface area (Å²) >= 11 is 0. The van der Waals surface area contributed by atoms with E-state index in [-0.39, 0.29) is 12.2 Å². The molecule has 1 aromatic heterocycles. The van der Waals surface area contributed by atoms with Crippen LogP contribution in [0.15, 0.2) is 54.6 Å². The second kappa shape index (κ2) is 8.29. The van der Waals surface area contributed by atoms with Gasteiger partial charge in [-0.3, -0.25) is 4.79 Å². The van der Waals surface area contributed by atoms with Crippen molar-refractivity contribution >= 4 is 11.6 Å². The van der Waals surface area contributed by atoms with Gasteiger partial charge in [0.15, 0.2) is 11.4 Å². The summed E-state index contributed by atoms with van der Waals surface area (Å²) in [6.45, 7) is 0.480. The predicted molar refractivity (Wildman–Crippen MR) is 98.4 cm³/mol. The van der Waals surface area contributed by atoms with Crippen LogP contribution in [0.2, 0.25) is 0 Å². The van der Waals surface area contributed by atoms with E-state index in [1.807, 2.05) is 35.2 Å². The summed E-state index contributed by atoms with van der Waals surface area (Å²) in [7, 11) is 1.80. The number of alkyl halides is 3. The molecule has 3 rings (SSSR count). The number of hydrogen-bond acceptors (Lipinski definition) is 4. The number of carbonyl (C=O) groups excluding carboxylic acids is 1. The summed E-state index contributed by atoms with van der Waals surface area (Å²) in [5.74, 6) is -1.60. The van der Waals surface area contributed by atoms with E-state index in [9.17, 15) is 22.4 Å². The molecular weight excluding hydrogens is 390 g/mol. The number of carbonyl (C=O) groups is 1. The summed E-state index contributed by atoms with van der Waals surface area (Å²) in [5.41, 5.74) is -1.32. The minimum Gasteiger partial charge on any atom is -0.373 e. The van der Waals surface area contributed by atoms with Crippen molar-refractivity contribution < 1.29 is 22.4 Å². The average Bonchev–Trinajstić information content (AvgIpc) is 3.15. The Morgan fingerprint density at radius 2 is 1.76 bits per heavy atom. The van der Waals surface area contributed by atoms with E-state index in [1.165, 1.54) is 0 Å². The van der Waals surface area contributed by atoms with Crippen molar-refractivity contribution in [3.63, 3.8) is 0 Å². The van der Waals surface area contributed by atoms with E-state index in [0.29, 0.717) is 11.2 Å². The van der Waals surface area contributed by atoms with Gasteiger partial charge in [0.2, 0.25) is 0 Å². The van der Waals surface area contributed by atoms with Gasteiger partial charge in [-0.25, -0.2) is 9.07 Å². The molecule has 0 spiro atoms. The maximum atomic E-state index is 13.6. The highest BCUT2D eigenvalue weighted by Gasteiger charge is 2.41. The number of aromatic nitrogens is 3. The fraction of sp³-hybridized carbons (Fsp3) is 0.211. The Balaban J connectivity index is 1.76. The van der Waals surface area contributed by atoms with Gasteiger partial charge in [0, 0.05) is 25.8 Å². The van der Waals surface area contributed by atoms with Crippen LogP contribution in [0, 0.1) is 5.82 Å². The van der Waals surface area contributed by atoms with Crippen molar-refractivity contribution in [1.29, 1.82) is 0 Å². The van der Waals surface area contributed by atoms with Crippen LogP contribution in [0.3, 0.4) is 0 Å². The lowest BCUT2D eigenvalue weighted by molar-refractivity contribution is -0.143. The Morgan fingerprint density at radius 3 is 2.38 bits per heavy atom. The Bertz CT molecular complexity index is 971. The zero-order chi connectivity index (χ0) is 21.0. The van der Waals surface area contributed by atoms with Gasteiger partial charge in [-0.05, 0) is 36.4 Å². The van der Waals surface area contributed by atoms with Gasteiger partial charge in [0.1, 0.15) is 5.82 Å². The van der Waals surface area contributed by atoms with Crippen molar-refractivity contribution in [2.75, 3.05) is 25.0 Å². The van der Waals surface area contributed by atoms with E-state index in [0.717, 1.165) is 30.0 Å². The molecule has 6 nitrogen and oxygen atoms in total. The molecule has 0 aliphatic rings. The number of para-hydroxylation sites is 1. The predicted octanol–water partition coefficient (Wildman–Crippen LogP) is 3.29. The fourth-order valence-corrected chi connectivity index (χ4v) is 2.68. The molecule has 1 amide bonds. The number of hydrogen-bond donors (Lipinski definition) is 1. The summed E-state index contributed by atoms with van der Waals surface area (Å²) in [4.78, 5) is 14.2. The smallest absolute Gasteiger partial charge is 0.373 e. The van der Waals surface area contributed by atoms with Crippen LogP contribution in [-0.2, 0) is 6.18 Å². The van der Waals surface area contributed by atoms with Crippen molar-refractivity contribution in [2.24, 2.45) is 0 Å². The Hall–Kier alpha value is -3.43. The lowest BCUT2D eigenvalue weighted by atomic mass is 10.2. The van der Waals surface area contributed by atoms with Crippen LogP contribution >= 0.6 is 0 Å². The quantitative estimate of drug-likeness (QED) is 0.637. The summed E-state index contributed by atoms with van der Waals surface area (Å²) in [5, 5.41) is 9.29. The first kappa shape index (κ1) is 20.3. The molecule has 0 saturated heterocycles. The van der Waals surface area contributed by atoms with Crippen molar-refractivity contribution in [3.8, 4) is 5.69 Å². The largest absolute Gasteiger partial charge is 0.435 e. The van der Waals surface area contributed by atoms with Gasteiger partial charge in [0.05, 0.1) is 5.69 Å². The first-order valence-electron chi connectivity index (χ1n) is 8.60. The number of anilines is 1. The van der Waals surface area contributed by atoms with Gasteiger partial charge in [-0.15, -0.1) is 5.10 Å². The maximum absolute atomic E-state index is 13.6. The second-order valence-electron chi connectivity index (χ2n) is 6.19. The number of likely N-dealkylation sites (N-methyl/N-ethyl adjacent to an activating group) is 1. The van der Waals surface area contributed by atoms with Gasteiger partial charge in [-0.1, -0.05) is 23.4 Å². The van der Waals surface area contributed by atoms with Crippen LogP contribution in [0.5, 0.6) is 0 Å². The van der Waals surface area contributed by atoms with E-state index in [2.05, 4.69) is 15.6 Å². The van der Waals surface area contributed by atoms with Crippen LogP contribution in [-0.4, -0.2) is 41.0 Å². The molecule has 1 heterocycles. The third-order valence-corrected chi connectivity index (χ3v) is 4.15. The third-order valence-electron chi connectivity index (χ3n) is 4.15. The van der Waals surface area contributed by atoms with Crippen LogP contribution in [0.25, 0.3) is 5.69 Å². The molecule has 10 heteroatoms. The number of nitrogens with one attached hydrogen (secondary N) is 1. The molecule has 152 valence electrons. The van der Waals surface area contributed by atoms with Crippen LogP contribution in [0.4, 0.5) is 23.2 Å². The number of amides is 1. The zero-order valence-electron chi connectivity index (χ0n) is 15.3. The van der Waals surface area contributed by atoms with E-state index < -0.39 is 29.3 Å². The highest BCUT2D eigenvalue weighted by atomic mass is 19.4. The Morgan fingerprint density at radius 1 is 1.10 bits per heavy atom. The van der Waals surface area contributed by atoms with Crippen LogP contribution in [0.1, 0.15) is 16.2 Å². The molecule has 29 heavy (non-hydrogen) atoms. The molecule has 3 aromatic rings. The molecule has 0 fully saturated rings. The van der Waals surface area contributed by atoms with Crippen molar-refractivity contribution in [1.82, 2.24) is 20.3 Å². The first-order chi connectivity index (χ1) is 13.8. The molecule has 0 unspecified atom stereocenters. The Labute approximate surface area is 163 Å². The molecule has 1 N–H and O–H groups in total. The number of rotatable bonds is 6. The summed E-state index contributed by atoms with van der Waals surface area (Å²) in [6.07, 6.45) is -4.88. The lowest BCUT2D eigenvalue weighted by Gasteiger charge is -2.19. The Kier molecular flexibility index (Phi) is 5.81. The number of nitrogens with zero attached hydrogens (tertiary/aromatic N) is 4. The third kappa shape index (κ3) is 4.71. The van der Waals surface area contributed by atoms with Crippen LogP contribution < -0.4 is 10.2 Å². The molecule has 0 aliphatic heterocycles. The van der Waals surface area contributed by atoms with Gasteiger partial charge < -0.3 is 10.2 Å². The van der Waals surface area contributed by atoms with E-state index in [4.69, 9.17) is 0 Å². The molecule has 0 aliphatic carbocycles. The summed E-state index contributed by atoms with van der Waals surface area (Å²) in [6, 6.07) is 13.6. The molecule has 0 atom stereocenters. The van der Waals surface area contributed by atoms with E-state index in [1.54, 1.807) is 7.05 Å². The minimum atomic E-state index is -4.88. The maximum Gasteiger partial charge on any atom is 0.435 e. The fourth-order valence-electron chi connectivity index (χ4n) is 2.68. The molecule has 0 saturated carbocycles. The zero-order valence-corrected chi connectivity index (χ0v) is 15.3. The van der Waals surface area contributed by atoms with Crippen molar-refractivity contribution in [2.45, 2.75) is 6.18 Å². The second-order valence-corrected chi connectivity index (χ2v) is 6.19. The SMILES string of the molecule is CN(CCNC(=O)c1nnn(-c2ccc(F)cc2)c1C(F)(F)F)c1ccccc1. The highest BCUT2D eigenvalue weighted by Crippen LogP contribution is 2.32. The standard InChI is InChI=1S/C19H17F4N5O/c1-27(14-5-3-2-4-6-14)12-11-24-18(29)16-17(19(21,22)23)28(26-25-16)15-9-7-13(20)8-10-15/h2-10H,11-12H2,1H3,(H,24,29). The monoisotopic (exact) mass is 407 g/mol. The normalized spacial score (nSPS) is 11.3. The van der Waals surface area contributed by atoms with Gasteiger partial charge in [0.25, 0.3) is 5.91 Å². The average molecular weight is 407 g/mol. The topological polar surface area (TPSA) is 63.1 Å². The molecule has 0 radical (unpaired) electrons. The first-order valence-corrected chi connectivity index (χ1v) is 8.60. The number of benzene rings is 2. The summed E-state index contributed by atoms with van der Waals surface area (Å²) < 4.78 is 54.3. The van der Waals surface area contributed by atoms with Crippen molar-refractivity contribution in [3.05, 3.63) is 71.8 Å².